The van der Waals surface area contributed by atoms with Crippen LogP contribution in [0.2, 0.25) is 0 Å². The second-order valence-corrected chi connectivity index (χ2v) is 5.54. The van der Waals surface area contributed by atoms with Crippen molar-refractivity contribution in [2.45, 2.75) is 51.4 Å². The quantitative estimate of drug-likeness (QED) is 0.698. The lowest BCUT2D eigenvalue weighted by molar-refractivity contribution is -0.0123. The van der Waals surface area contributed by atoms with Crippen LogP contribution in [-0.4, -0.2) is 51.6 Å². The van der Waals surface area contributed by atoms with E-state index in [9.17, 15) is 9.90 Å². The summed E-state index contributed by atoms with van der Waals surface area (Å²) >= 11 is 0. The van der Waals surface area contributed by atoms with Gasteiger partial charge < -0.3 is 19.8 Å². The monoisotopic (exact) mass is 231 g/mol. The first-order valence-electron chi connectivity index (χ1n) is 5.50. The Morgan fingerprint density at radius 2 is 2.12 bits per heavy atom. The van der Waals surface area contributed by atoms with E-state index >= 15 is 0 Å². The van der Waals surface area contributed by atoms with Crippen LogP contribution in [0.5, 0.6) is 0 Å². The van der Waals surface area contributed by atoms with Gasteiger partial charge in [0.05, 0.1) is 13.2 Å². The molecular formula is C11H21NO4. The molecule has 0 radical (unpaired) electrons. The Bertz CT molecular complexity index is 274. The van der Waals surface area contributed by atoms with Gasteiger partial charge in [0, 0.05) is 12.5 Å². The molecular weight excluding hydrogens is 210 g/mol. The first-order chi connectivity index (χ1) is 7.17. The van der Waals surface area contributed by atoms with Crippen LogP contribution in [0.4, 0.5) is 4.79 Å². The van der Waals surface area contributed by atoms with E-state index < -0.39 is 17.3 Å². The smallest absolute Gasteiger partial charge is 0.410 e. The average molecular weight is 231 g/mol. The Morgan fingerprint density at radius 3 is 2.50 bits per heavy atom. The third kappa shape index (κ3) is 3.09. The summed E-state index contributed by atoms with van der Waals surface area (Å²) in [4.78, 5) is 13.2. The molecule has 0 aromatic rings. The Morgan fingerprint density at radius 1 is 1.56 bits per heavy atom. The zero-order valence-corrected chi connectivity index (χ0v) is 10.4. The summed E-state index contributed by atoms with van der Waals surface area (Å²) < 4.78 is 5.22. The van der Waals surface area contributed by atoms with Crippen molar-refractivity contribution in [1.29, 1.82) is 0 Å². The third-order valence-corrected chi connectivity index (χ3v) is 2.59. The van der Waals surface area contributed by atoms with Crippen LogP contribution >= 0.6 is 0 Å². The van der Waals surface area contributed by atoms with E-state index in [1.165, 1.54) is 4.90 Å². The molecule has 1 saturated heterocycles. The minimum absolute atomic E-state index is 0.119. The summed E-state index contributed by atoms with van der Waals surface area (Å²) in [7, 11) is 0. The van der Waals surface area contributed by atoms with Crippen molar-refractivity contribution in [3.8, 4) is 0 Å². The number of amides is 1. The molecule has 94 valence electrons. The van der Waals surface area contributed by atoms with Crippen LogP contribution in [0.25, 0.3) is 0 Å². The maximum Gasteiger partial charge on any atom is 0.410 e. The van der Waals surface area contributed by atoms with Crippen molar-refractivity contribution in [3.05, 3.63) is 0 Å². The van der Waals surface area contributed by atoms with Gasteiger partial charge in [-0.15, -0.1) is 0 Å². The molecule has 2 atom stereocenters. The summed E-state index contributed by atoms with van der Waals surface area (Å²) in [5, 5.41) is 18.9. The molecule has 5 heteroatoms. The largest absolute Gasteiger partial charge is 0.444 e. The van der Waals surface area contributed by atoms with Crippen molar-refractivity contribution >= 4 is 6.09 Å². The van der Waals surface area contributed by atoms with Crippen molar-refractivity contribution in [2.75, 3.05) is 13.2 Å². The van der Waals surface area contributed by atoms with Crippen LogP contribution in [0.15, 0.2) is 0 Å². The van der Waals surface area contributed by atoms with E-state index in [1.807, 2.05) is 6.92 Å². The lowest BCUT2D eigenvalue weighted by Gasteiger charge is -2.27. The average Bonchev–Trinajstić information content (AvgIpc) is 2.40. The summed E-state index contributed by atoms with van der Waals surface area (Å²) in [6.07, 6.45) is -0.0627. The Labute approximate surface area is 96.0 Å². The molecule has 2 N–H and O–H groups in total. The Balaban J connectivity index is 2.65. The second kappa shape index (κ2) is 4.22. The third-order valence-electron chi connectivity index (χ3n) is 2.59. The summed E-state index contributed by atoms with van der Waals surface area (Å²) in [5.74, 6) is 0. The lowest BCUT2D eigenvalue weighted by Crippen LogP contribution is -2.42. The predicted molar refractivity (Wildman–Crippen MR) is 59.1 cm³/mol. The van der Waals surface area contributed by atoms with Gasteiger partial charge in [0.25, 0.3) is 0 Å². The lowest BCUT2D eigenvalue weighted by atomic mass is 10.0. The number of aliphatic hydroxyl groups is 2. The van der Waals surface area contributed by atoms with Gasteiger partial charge in [-0.1, -0.05) is 0 Å². The highest BCUT2D eigenvalue weighted by Gasteiger charge is 2.43. The first-order valence-corrected chi connectivity index (χ1v) is 5.50. The van der Waals surface area contributed by atoms with Gasteiger partial charge in [-0.3, -0.25) is 0 Å². The normalized spacial score (nSPS) is 30.6. The highest BCUT2D eigenvalue weighted by Crippen LogP contribution is 2.28. The molecule has 0 spiro atoms. The SMILES string of the molecule is C[C@@H]1CC(O)(CO)CN1C(=O)OC(C)(C)C. The fourth-order valence-corrected chi connectivity index (χ4v) is 1.88. The molecule has 0 aliphatic carbocycles. The molecule has 1 amide bonds. The molecule has 1 aliphatic heterocycles. The molecule has 5 nitrogen and oxygen atoms in total. The highest BCUT2D eigenvalue weighted by atomic mass is 16.6. The van der Waals surface area contributed by atoms with Gasteiger partial charge >= 0.3 is 6.09 Å². The fraction of sp³-hybridized carbons (Fsp3) is 0.909. The van der Waals surface area contributed by atoms with Crippen LogP contribution in [0.3, 0.4) is 0 Å². The molecule has 0 saturated carbocycles. The van der Waals surface area contributed by atoms with Gasteiger partial charge in [0.2, 0.25) is 0 Å². The number of aliphatic hydroxyl groups excluding tert-OH is 1. The Kier molecular flexibility index (Phi) is 3.50. The maximum atomic E-state index is 11.8. The second-order valence-electron chi connectivity index (χ2n) is 5.54. The van der Waals surface area contributed by atoms with Crippen LogP contribution < -0.4 is 0 Å². The molecule has 1 rings (SSSR count). The molecule has 1 fully saturated rings. The van der Waals surface area contributed by atoms with Crippen molar-refractivity contribution in [1.82, 2.24) is 4.90 Å². The molecule has 1 heterocycles. The summed E-state index contributed by atoms with van der Waals surface area (Å²) in [6.45, 7) is 7.01. The predicted octanol–water partition coefficient (Wildman–Crippen LogP) is 0.739. The number of carbonyl (C=O) groups is 1. The fourth-order valence-electron chi connectivity index (χ4n) is 1.88. The van der Waals surface area contributed by atoms with E-state index in [0.29, 0.717) is 6.42 Å². The molecule has 1 unspecified atom stereocenters. The zero-order chi connectivity index (χ0) is 12.6. The Hall–Kier alpha value is -0.810. The minimum Gasteiger partial charge on any atom is -0.444 e. The summed E-state index contributed by atoms with van der Waals surface area (Å²) in [5.41, 5.74) is -1.73. The molecule has 0 aromatic heterocycles. The zero-order valence-electron chi connectivity index (χ0n) is 10.4. The van der Waals surface area contributed by atoms with E-state index in [-0.39, 0.29) is 19.2 Å². The van der Waals surface area contributed by atoms with Crippen molar-refractivity contribution in [3.63, 3.8) is 0 Å². The number of hydrogen-bond donors (Lipinski definition) is 2. The van der Waals surface area contributed by atoms with Gasteiger partial charge in [-0.25, -0.2) is 4.79 Å². The number of carbonyl (C=O) groups excluding carboxylic acids is 1. The van der Waals surface area contributed by atoms with Crippen LogP contribution in [-0.2, 0) is 4.74 Å². The number of likely N-dealkylation sites (tertiary alicyclic amines) is 1. The summed E-state index contributed by atoms with van der Waals surface area (Å²) in [6, 6.07) is -0.119. The molecule has 0 bridgehead atoms. The van der Waals surface area contributed by atoms with Crippen molar-refractivity contribution in [2.24, 2.45) is 0 Å². The van der Waals surface area contributed by atoms with E-state index in [2.05, 4.69) is 0 Å². The van der Waals surface area contributed by atoms with Crippen LogP contribution in [0.1, 0.15) is 34.1 Å². The van der Waals surface area contributed by atoms with Gasteiger partial charge in [-0.2, -0.15) is 0 Å². The topological polar surface area (TPSA) is 70.0 Å². The molecule has 1 aliphatic rings. The number of hydrogen-bond acceptors (Lipinski definition) is 4. The van der Waals surface area contributed by atoms with Gasteiger partial charge in [-0.05, 0) is 27.7 Å². The minimum atomic E-state index is -1.18. The van der Waals surface area contributed by atoms with Gasteiger partial charge in [0.15, 0.2) is 0 Å². The number of ether oxygens (including phenoxy) is 1. The van der Waals surface area contributed by atoms with Gasteiger partial charge in [0.1, 0.15) is 11.2 Å². The van der Waals surface area contributed by atoms with Crippen LogP contribution in [0, 0.1) is 0 Å². The molecule has 16 heavy (non-hydrogen) atoms. The van der Waals surface area contributed by atoms with Crippen molar-refractivity contribution < 1.29 is 19.7 Å². The van der Waals surface area contributed by atoms with E-state index in [0.717, 1.165) is 0 Å². The maximum absolute atomic E-state index is 11.8. The standard InChI is InChI=1S/C11H21NO4/c1-8-5-11(15,7-13)6-12(8)9(14)16-10(2,3)4/h8,13,15H,5-7H2,1-4H3/t8-,11?/m1/s1. The van der Waals surface area contributed by atoms with E-state index in [1.54, 1.807) is 20.8 Å². The first kappa shape index (κ1) is 13.3. The molecule has 0 aromatic carbocycles. The number of rotatable bonds is 1. The highest BCUT2D eigenvalue weighted by molar-refractivity contribution is 5.69. The number of β-amino-alcohol motifs (C(OH)–C–C–N with tert-alkyl or cyclic N) is 1. The number of nitrogens with zero attached hydrogens (tertiary/aromatic N) is 1. The van der Waals surface area contributed by atoms with E-state index in [4.69, 9.17) is 9.84 Å².